The Labute approximate surface area is 158 Å². The molecule has 1 heterocycles. The number of halogens is 11. The van der Waals surface area contributed by atoms with Crippen LogP contribution in [0.25, 0.3) is 0 Å². The Morgan fingerprint density at radius 1 is 0.767 bits per heavy atom. The maximum atomic E-state index is 14.5. The summed E-state index contributed by atoms with van der Waals surface area (Å²) < 4.78 is 159. The average molecular weight is 459 g/mol. The van der Waals surface area contributed by atoms with Crippen LogP contribution < -0.4 is 14.8 Å². The first kappa shape index (κ1) is 22.2. The lowest BCUT2D eigenvalue weighted by Gasteiger charge is -2.51. The number of carbonyl (C=O) groups excluding carboxylic acids is 1. The van der Waals surface area contributed by atoms with Gasteiger partial charge in [0.1, 0.15) is 0 Å². The third kappa shape index (κ3) is 2.31. The summed E-state index contributed by atoms with van der Waals surface area (Å²) in [6.07, 6.45) is 0. The van der Waals surface area contributed by atoms with Crippen LogP contribution >= 0.6 is 0 Å². The van der Waals surface area contributed by atoms with Crippen LogP contribution in [0.1, 0.15) is 5.56 Å². The van der Waals surface area contributed by atoms with Gasteiger partial charge in [0.25, 0.3) is 5.91 Å². The molecule has 30 heavy (non-hydrogen) atoms. The van der Waals surface area contributed by atoms with E-state index in [1.54, 1.807) is 0 Å². The fraction of sp³-hybridized carbons (Fsp3) is 0.533. The van der Waals surface area contributed by atoms with Crippen molar-refractivity contribution in [2.24, 2.45) is 0 Å². The Kier molecular flexibility index (Phi) is 4.46. The molecule has 0 radical (unpaired) electrons. The molecule has 1 saturated carbocycles. The van der Waals surface area contributed by atoms with Gasteiger partial charge in [0.05, 0.1) is 0 Å². The minimum Gasteiger partial charge on any atom is -0.454 e. The fourth-order valence-corrected chi connectivity index (χ4v) is 2.86. The van der Waals surface area contributed by atoms with Crippen LogP contribution in [-0.2, 0) is 11.3 Å². The first-order valence-electron chi connectivity index (χ1n) is 7.71. The molecule has 1 aromatic carbocycles. The van der Waals surface area contributed by atoms with Gasteiger partial charge >= 0.3 is 35.3 Å². The molecule has 2 aliphatic rings. The standard InChI is InChI=1S/C15H8F11NO3/c16-10(9(28)27-4-6-1-2-7-8(3-6)30-5-29-7)11(17,18)13(21,22)15(25,26)14(23,24)12(10,19)20/h1-3H,4-5H2,(H,27,28). The topological polar surface area (TPSA) is 47.6 Å². The van der Waals surface area contributed by atoms with Gasteiger partial charge in [0, 0.05) is 6.54 Å². The molecule has 4 nitrogen and oxygen atoms in total. The van der Waals surface area contributed by atoms with Crippen LogP contribution in [0.3, 0.4) is 0 Å². The number of hydrogen-bond donors (Lipinski definition) is 1. The van der Waals surface area contributed by atoms with Crippen LogP contribution in [0.2, 0.25) is 0 Å². The van der Waals surface area contributed by atoms with Crippen molar-refractivity contribution in [2.45, 2.75) is 41.8 Å². The SMILES string of the molecule is O=C(NCc1ccc2c(c1)OCO2)C1(F)C(F)(F)C(F)(F)C(F)(F)C(F)(F)C1(F)F. The number of hydrogen-bond acceptors (Lipinski definition) is 3. The highest BCUT2D eigenvalue weighted by molar-refractivity contribution is 5.88. The molecule has 0 atom stereocenters. The van der Waals surface area contributed by atoms with Crippen LogP contribution in [0.5, 0.6) is 11.5 Å². The molecule has 15 heteroatoms. The molecule has 1 aromatic rings. The molecule has 0 unspecified atom stereocenters. The van der Waals surface area contributed by atoms with Crippen molar-refractivity contribution in [3.05, 3.63) is 23.8 Å². The molecule has 1 N–H and O–H groups in total. The molecule has 0 spiro atoms. The van der Waals surface area contributed by atoms with E-state index in [2.05, 4.69) is 0 Å². The highest BCUT2D eigenvalue weighted by Gasteiger charge is 3.02. The minimum atomic E-state index is -7.37. The number of ether oxygens (including phenoxy) is 2. The van der Waals surface area contributed by atoms with Crippen molar-refractivity contribution >= 4 is 5.91 Å². The second kappa shape index (κ2) is 6.03. The zero-order valence-corrected chi connectivity index (χ0v) is 14.0. The first-order valence-corrected chi connectivity index (χ1v) is 7.71. The lowest BCUT2D eigenvalue weighted by atomic mass is 9.71. The molecular formula is C15H8F11NO3. The van der Waals surface area contributed by atoms with Gasteiger partial charge in [-0.3, -0.25) is 4.79 Å². The Bertz CT molecular complexity index is 857. The smallest absolute Gasteiger partial charge is 0.384 e. The maximum absolute atomic E-state index is 14.5. The van der Waals surface area contributed by atoms with Crippen molar-refractivity contribution in [1.82, 2.24) is 5.32 Å². The second-order valence-electron chi connectivity index (χ2n) is 6.40. The van der Waals surface area contributed by atoms with Crippen molar-refractivity contribution in [3.8, 4) is 11.5 Å². The first-order chi connectivity index (χ1) is 13.5. The van der Waals surface area contributed by atoms with E-state index in [0.717, 1.165) is 17.4 Å². The van der Waals surface area contributed by atoms with E-state index in [9.17, 15) is 53.1 Å². The summed E-state index contributed by atoms with van der Waals surface area (Å²) >= 11 is 0. The Balaban J connectivity index is 1.98. The van der Waals surface area contributed by atoms with Gasteiger partial charge in [-0.15, -0.1) is 0 Å². The van der Waals surface area contributed by atoms with E-state index in [0.29, 0.717) is 0 Å². The molecule has 1 aliphatic heterocycles. The summed E-state index contributed by atoms with van der Waals surface area (Å²) in [5, 5.41) is 1.03. The highest BCUT2D eigenvalue weighted by Crippen LogP contribution is 2.69. The number of alkyl halides is 11. The molecule has 168 valence electrons. The number of nitrogens with one attached hydrogen (secondary N) is 1. The molecule has 1 fully saturated rings. The van der Waals surface area contributed by atoms with Gasteiger partial charge in [-0.05, 0) is 17.7 Å². The maximum Gasteiger partial charge on any atom is 0.384 e. The van der Waals surface area contributed by atoms with Gasteiger partial charge < -0.3 is 14.8 Å². The Hall–Kier alpha value is -2.48. The molecule has 1 amide bonds. The third-order valence-corrected chi connectivity index (χ3v) is 4.65. The minimum absolute atomic E-state index is 0.0164. The van der Waals surface area contributed by atoms with E-state index >= 15 is 0 Å². The van der Waals surface area contributed by atoms with Crippen LogP contribution in [0, 0.1) is 0 Å². The van der Waals surface area contributed by atoms with Crippen molar-refractivity contribution in [3.63, 3.8) is 0 Å². The molecule has 3 rings (SSSR count). The Morgan fingerprint density at radius 2 is 1.23 bits per heavy atom. The second-order valence-corrected chi connectivity index (χ2v) is 6.40. The molecule has 0 saturated heterocycles. The average Bonchev–Trinajstić information content (AvgIpc) is 3.11. The van der Waals surface area contributed by atoms with E-state index in [1.807, 2.05) is 0 Å². The predicted octanol–water partition coefficient (Wildman–Crippen LogP) is 3.93. The lowest BCUT2D eigenvalue weighted by molar-refractivity contribution is -0.476. The normalized spacial score (nSPS) is 26.1. The largest absolute Gasteiger partial charge is 0.454 e. The fourth-order valence-electron chi connectivity index (χ4n) is 2.86. The number of amides is 1. The molecule has 0 aromatic heterocycles. The zero-order valence-electron chi connectivity index (χ0n) is 14.0. The summed E-state index contributed by atoms with van der Waals surface area (Å²) in [7, 11) is 0. The van der Waals surface area contributed by atoms with Gasteiger partial charge in [-0.1, -0.05) is 6.07 Å². The van der Waals surface area contributed by atoms with E-state index < -0.39 is 47.7 Å². The molecular weight excluding hydrogens is 451 g/mol. The third-order valence-electron chi connectivity index (χ3n) is 4.65. The van der Waals surface area contributed by atoms with Gasteiger partial charge in [-0.2, -0.15) is 43.9 Å². The zero-order chi connectivity index (χ0) is 23.0. The van der Waals surface area contributed by atoms with E-state index in [-0.39, 0.29) is 23.9 Å². The van der Waals surface area contributed by atoms with Gasteiger partial charge in [0.15, 0.2) is 11.5 Å². The predicted molar refractivity (Wildman–Crippen MR) is 73.0 cm³/mol. The number of benzene rings is 1. The van der Waals surface area contributed by atoms with Gasteiger partial charge in [-0.25, -0.2) is 4.39 Å². The van der Waals surface area contributed by atoms with Crippen LogP contribution in [-0.4, -0.2) is 48.0 Å². The summed E-state index contributed by atoms with van der Waals surface area (Å²) in [6.45, 7) is -1.35. The van der Waals surface area contributed by atoms with Crippen molar-refractivity contribution in [2.75, 3.05) is 6.79 Å². The summed E-state index contributed by atoms with van der Waals surface area (Å²) in [6, 6.07) is 3.30. The van der Waals surface area contributed by atoms with Crippen LogP contribution in [0.15, 0.2) is 18.2 Å². The van der Waals surface area contributed by atoms with Crippen molar-refractivity contribution in [1.29, 1.82) is 0 Å². The Morgan fingerprint density at radius 3 is 1.77 bits per heavy atom. The summed E-state index contributed by atoms with van der Waals surface area (Å²) in [5.41, 5.74) is -6.88. The molecule has 1 aliphatic carbocycles. The van der Waals surface area contributed by atoms with Gasteiger partial charge in [0.2, 0.25) is 6.79 Å². The number of fused-ring (bicyclic) bond motifs is 1. The summed E-state index contributed by atoms with van der Waals surface area (Å²) in [5.74, 6) is -39.6. The lowest BCUT2D eigenvalue weighted by Crippen LogP contribution is -2.86. The summed E-state index contributed by atoms with van der Waals surface area (Å²) in [4.78, 5) is 11.7. The monoisotopic (exact) mass is 459 g/mol. The quantitative estimate of drug-likeness (QED) is 0.698. The van der Waals surface area contributed by atoms with E-state index in [4.69, 9.17) is 9.47 Å². The number of rotatable bonds is 3. The highest BCUT2D eigenvalue weighted by atomic mass is 19.4. The number of carbonyl (C=O) groups is 1. The van der Waals surface area contributed by atoms with E-state index in [1.165, 1.54) is 6.07 Å². The van der Waals surface area contributed by atoms with Crippen molar-refractivity contribution < 1.29 is 62.6 Å². The molecule has 0 bridgehead atoms. The van der Waals surface area contributed by atoms with Crippen LogP contribution in [0.4, 0.5) is 48.3 Å².